The number of halogens is 3. The molecule has 2 aromatic carbocycles. The Bertz CT molecular complexity index is 1050. The fourth-order valence-electron chi connectivity index (χ4n) is 3.59. The van der Waals surface area contributed by atoms with Crippen LogP contribution in [0.15, 0.2) is 53.1 Å². The molecule has 2 heterocycles. The van der Waals surface area contributed by atoms with Crippen molar-refractivity contribution in [1.82, 2.24) is 20.4 Å². The van der Waals surface area contributed by atoms with Crippen LogP contribution in [0.5, 0.6) is 0 Å². The molecule has 0 saturated carbocycles. The van der Waals surface area contributed by atoms with Gasteiger partial charge in [-0.1, -0.05) is 41.6 Å². The highest BCUT2D eigenvalue weighted by Gasteiger charge is 2.32. The van der Waals surface area contributed by atoms with E-state index >= 15 is 0 Å². The van der Waals surface area contributed by atoms with E-state index in [0.717, 1.165) is 23.3 Å². The highest BCUT2D eigenvalue weighted by atomic mass is 19.4. The summed E-state index contributed by atoms with van der Waals surface area (Å²) < 4.78 is 43.5. The van der Waals surface area contributed by atoms with Gasteiger partial charge in [-0.3, -0.25) is 9.69 Å². The van der Waals surface area contributed by atoms with Gasteiger partial charge in [-0.25, -0.2) is 0 Å². The minimum atomic E-state index is -4.40. The third-order valence-corrected chi connectivity index (χ3v) is 5.17. The van der Waals surface area contributed by atoms with Crippen LogP contribution >= 0.6 is 0 Å². The van der Waals surface area contributed by atoms with E-state index in [1.54, 1.807) is 7.05 Å². The number of rotatable bonds is 4. The lowest BCUT2D eigenvalue weighted by atomic mass is 9.93. The number of benzene rings is 2. The Morgan fingerprint density at radius 1 is 1.17 bits per heavy atom. The lowest BCUT2D eigenvalue weighted by molar-refractivity contribution is -0.137. The number of hydrogen-bond acceptors (Lipinski definition) is 5. The van der Waals surface area contributed by atoms with Gasteiger partial charge in [0, 0.05) is 19.2 Å². The normalized spacial score (nSPS) is 16.9. The summed E-state index contributed by atoms with van der Waals surface area (Å²) in [5.74, 6) is 0.387. The maximum absolute atomic E-state index is 12.7. The Hall–Kier alpha value is -3.20. The maximum atomic E-state index is 12.7. The fourth-order valence-corrected chi connectivity index (χ4v) is 3.59. The van der Waals surface area contributed by atoms with Crippen LogP contribution in [0.2, 0.25) is 0 Å². The SMILES string of the molecule is CNC(=O)[C@@H]1Cc2ccccc2CN1Cc1nc(-c2ccc(C(F)(F)F)cc2)no1. The van der Waals surface area contributed by atoms with E-state index in [1.165, 1.54) is 12.1 Å². The molecule has 4 rings (SSSR count). The Balaban J connectivity index is 1.54. The molecule has 0 spiro atoms. The van der Waals surface area contributed by atoms with Gasteiger partial charge in [-0.05, 0) is 29.7 Å². The van der Waals surface area contributed by atoms with Crippen LogP contribution in [0.4, 0.5) is 13.2 Å². The molecular formula is C21H19F3N4O2. The van der Waals surface area contributed by atoms with Crippen molar-refractivity contribution in [3.63, 3.8) is 0 Å². The second-order valence-corrected chi connectivity index (χ2v) is 7.09. The van der Waals surface area contributed by atoms with Gasteiger partial charge in [0.05, 0.1) is 18.2 Å². The van der Waals surface area contributed by atoms with Crippen LogP contribution in [0.3, 0.4) is 0 Å². The van der Waals surface area contributed by atoms with Crippen molar-refractivity contribution in [3.8, 4) is 11.4 Å². The highest BCUT2D eigenvalue weighted by molar-refractivity contribution is 5.82. The summed E-state index contributed by atoms with van der Waals surface area (Å²) in [6, 6.07) is 12.1. The molecule has 0 radical (unpaired) electrons. The number of fused-ring (bicyclic) bond motifs is 1. The Morgan fingerprint density at radius 3 is 2.53 bits per heavy atom. The van der Waals surface area contributed by atoms with Gasteiger partial charge in [0.15, 0.2) is 0 Å². The molecule has 0 bridgehead atoms. The molecule has 0 unspecified atom stereocenters. The molecule has 6 nitrogen and oxygen atoms in total. The second kappa shape index (κ2) is 7.91. The largest absolute Gasteiger partial charge is 0.416 e. The molecular weight excluding hydrogens is 397 g/mol. The van der Waals surface area contributed by atoms with Crippen molar-refractivity contribution >= 4 is 5.91 Å². The van der Waals surface area contributed by atoms with E-state index in [0.29, 0.717) is 18.5 Å². The molecule has 1 amide bonds. The molecule has 1 N–H and O–H groups in total. The first-order valence-corrected chi connectivity index (χ1v) is 9.38. The zero-order valence-corrected chi connectivity index (χ0v) is 16.1. The predicted molar refractivity (Wildman–Crippen MR) is 102 cm³/mol. The van der Waals surface area contributed by atoms with Crippen LogP contribution in [-0.4, -0.2) is 34.0 Å². The molecule has 3 aromatic rings. The van der Waals surface area contributed by atoms with Gasteiger partial charge < -0.3 is 9.84 Å². The van der Waals surface area contributed by atoms with Crippen LogP contribution in [0.1, 0.15) is 22.6 Å². The lowest BCUT2D eigenvalue weighted by Gasteiger charge is -2.34. The van der Waals surface area contributed by atoms with E-state index in [2.05, 4.69) is 15.5 Å². The van der Waals surface area contributed by atoms with Gasteiger partial charge in [0.2, 0.25) is 17.6 Å². The summed E-state index contributed by atoms with van der Waals surface area (Å²) in [6.45, 7) is 0.798. The summed E-state index contributed by atoms with van der Waals surface area (Å²) in [4.78, 5) is 18.7. The first-order valence-electron chi connectivity index (χ1n) is 9.38. The Morgan fingerprint density at radius 2 is 1.87 bits per heavy atom. The average molecular weight is 416 g/mol. The smallest absolute Gasteiger partial charge is 0.358 e. The van der Waals surface area contributed by atoms with Crippen LogP contribution in [-0.2, 0) is 30.5 Å². The highest BCUT2D eigenvalue weighted by Crippen LogP contribution is 2.31. The van der Waals surface area contributed by atoms with E-state index in [9.17, 15) is 18.0 Å². The number of carbonyl (C=O) groups is 1. The summed E-state index contributed by atoms with van der Waals surface area (Å²) in [5.41, 5.74) is 1.93. The molecule has 1 aliphatic heterocycles. The average Bonchev–Trinajstić information content (AvgIpc) is 3.20. The zero-order valence-electron chi connectivity index (χ0n) is 16.1. The molecule has 1 aliphatic rings. The Kier molecular flexibility index (Phi) is 5.29. The van der Waals surface area contributed by atoms with E-state index in [4.69, 9.17) is 4.52 Å². The van der Waals surface area contributed by atoms with Crippen LogP contribution in [0, 0.1) is 0 Å². The quantitative estimate of drug-likeness (QED) is 0.706. The first kappa shape index (κ1) is 20.1. The number of alkyl halides is 3. The van der Waals surface area contributed by atoms with E-state index in [-0.39, 0.29) is 30.2 Å². The molecule has 156 valence electrons. The second-order valence-electron chi connectivity index (χ2n) is 7.09. The number of nitrogens with one attached hydrogen (secondary N) is 1. The standard InChI is InChI=1S/C21H19F3N4O2/c1-25-20(29)17-10-14-4-2-3-5-15(14)11-28(17)12-18-26-19(27-30-18)13-6-8-16(9-7-13)21(22,23)24/h2-9,17H,10-12H2,1H3,(H,25,29)/t17-/m0/s1. The van der Waals surface area contributed by atoms with Crippen molar-refractivity contribution < 1.29 is 22.5 Å². The third kappa shape index (κ3) is 4.06. The number of amides is 1. The van der Waals surface area contributed by atoms with Crippen molar-refractivity contribution in [3.05, 3.63) is 71.1 Å². The summed E-state index contributed by atoms with van der Waals surface area (Å²) in [7, 11) is 1.59. The number of aromatic nitrogens is 2. The van der Waals surface area contributed by atoms with Crippen LogP contribution < -0.4 is 5.32 Å². The summed E-state index contributed by atoms with van der Waals surface area (Å²) in [5, 5.41) is 6.57. The molecule has 9 heteroatoms. The molecule has 0 saturated heterocycles. The summed E-state index contributed by atoms with van der Waals surface area (Å²) >= 11 is 0. The number of nitrogens with zero attached hydrogens (tertiary/aromatic N) is 3. The van der Waals surface area contributed by atoms with Gasteiger partial charge in [-0.15, -0.1) is 0 Å². The molecule has 0 fully saturated rings. The van der Waals surface area contributed by atoms with Crippen molar-refractivity contribution in [2.24, 2.45) is 0 Å². The zero-order chi connectivity index (χ0) is 21.3. The van der Waals surface area contributed by atoms with Crippen LogP contribution in [0.25, 0.3) is 11.4 Å². The van der Waals surface area contributed by atoms with E-state index < -0.39 is 11.7 Å². The minimum absolute atomic E-state index is 0.105. The maximum Gasteiger partial charge on any atom is 0.416 e. The van der Waals surface area contributed by atoms with Gasteiger partial charge in [0.1, 0.15) is 0 Å². The molecule has 1 aromatic heterocycles. The molecule has 0 aliphatic carbocycles. The van der Waals surface area contributed by atoms with Gasteiger partial charge in [0.25, 0.3) is 0 Å². The summed E-state index contributed by atoms with van der Waals surface area (Å²) in [6.07, 6.45) is -3.84. The van der Waals surface area contributed by atoms with Gasteiger partial charge in [-0.2, -0.15) is 18.2 Å². The number of hydrogen-bond donors (Lipinski definition) is 1. The van der Waals surface area contributed by atoms with Crippen molar-refractivity contribution in [2.75, 3.05) is 7.05 Å². The number of likely N-dealkylation sites (N-methyl/N-ethyl adjacent to an activating group) is 1. The third-order valence-electron chi connectivity index (χ3n) is 5.17. The fraction of sp³-hybridized carbons (Fsp3) is 0.286. The molecule has 1 atom stereocenters. The Labute approximate surface area is 170 Å². The topological polar surface area (TPSA) is 71.3 Å². The van der Waals surface area contributed by atoms with Gasteiger partial charge >= 0.3 is 6.18 Å². The first-order chi connectivity index (χ1) is 14.3. The number of carbonyl (C=O) groups excluding carboxylic acids is 1. The predicted octanol–water partition coefficient (Wildman–Crippen LogP) is 3.43. The molecule has 30 heavy (non-hydrogen) atoms. The monoisotopic (exact) mass is 416 g/mol. The van der Waals surface area contributed by atoms with E-state index in [1.807, 2.05) is 29.2 Å². The minimum Gasteiger partial charge on any atom is -0.358 e. The van der Waals surface area contributed by atoms with Crippen molar-refractivity contribution in [2.45, 2.75) is 31.7 Å². The van der Waals surface area contributed by atoms with Crippen molar-refractivity contribution in [1.29, 1.82) is 0 Å². The lowest BCUT2D eigenvalue weighted by Crippen LogP contribution is -2.49.